The summed E-state index contributed by atoms with van der Waals surface area (Å²) >= 11 is 0. The molecule has 2 rings (SSSR count). The molecule has 1 amide bonds. The van der Waals surface area contributed by atoms with Crippen molar-refractivity contribution < 1.29 is 14.3 Å². The molecule has 1 N–H and O–H groups in total. The number of likely N-dealkylation sites (N-methyl/N-ethyl adjacent to an activating group) is 1. The van der Waals surface area contributed by atoms with Gasteiger partial charge in [0.1, 0.15) is 11.5 Å². The van der Waals surface area contributed by atoms with Crippen LogP contribution in [0.25, 0.3) is 0 Å². The van der Waals surface area contributed by atoms with E-state index in [0.29, 0.717) is 18.3 Å². The lowest BCUT2D eigenvalue weighted by Gasteiger charge is -2.18. The molecule has 21 heavy (non-hydrogen) atoms. The van der Waals surface area contributed by atoms with Crippen LogP contribution in [0, 0.1) is 0 Å². The number of amides is 1. The minimum absolute atomic E-state index is 0.0229. The van der Waals surface area contributed by atoms with Gasteiger partial charge in [-0.25, -0.2) is 0 Å². The van der Waals surface area contributed by atoms with Gasteiger partial charge in [-0.1, -0.05) is 13.0 Å². The molecular formula is C16H24N2O3. The minimum Gasteiger partial charge on any atom is -0.497 e. The van der Waals surface area contributed by atoms with Crippen molar-refractivity contribution in [1.82, 2.24) is 10.2 Å². The number of hydrogen-bond donors (Lipinski definition) is 1. The summed E-state index contributed by atoms with van der Waals surface area (Å²) in [5, 5.41) is 3.26. The van der Waals surface area contributed by atoms with E-state index in [4.69, 9.17) is 9.47 Å². The second-order valence-corrected chi connectivity index (χ2v) is 5.28. The summed E-state index contributed by atoms with van der Waals surface area (Å²) < 4.78 is 10.9. The summed E-state index contributed by atoms with van der Waals surface area (Å²) in [6.45, 7) is 3.72. The Morgan fingerprint density at radius 2 is 2.19 bits per heavy atom. The normalized spacial score (nSPS) is 13.9. The van der Waals surface area contributed by atoms with Gasteiger partial charge in [0.2, 0.25) is 0 Å². The number of ether oxygens (including phenoxy) is 2. The van der Waals surface area contributed by atoms with Crippen LogP contribution in [-0.2, 0) is 11.3 Å². The van der Waals surface area contributed by atoms with Crippen LogP contribution in [0.5, 0.6) is 11.5 Å². The largest absolute Gasteiger partial charge is 0.497 e. The van der Waals surface area contributed by atoms with E-state index in [1.807, 2.05) is 25.2 Å². The third kappa shape index (κ3) is 4.36. The molecule has 0 heterocycles. The Kier molecular flexibility index (Phi) is 5.44. The van der Waals surface area contributed by atoms with E-state index in [-0.39, 0.29) is 12.5 Å². The molecule has 1 aliphatic rings. The first kappa shape index (κ1) is 15.6. The molecule has 1 fully saturated rings. The number of carbonyl (C=O) groups excluding carboxylic acids is 1. The third-order valence-electron chi connectivity index (χ3n) is 3.68. The molecule has 1 aromatic rings. The van der Waals surface area contributed by atoms with Crippen molar-refractivity contribution in [1.29, 1.82) is 0 Å². The monoisotopic (exact) mass is 292 g/mol. The molecule has 0 bridgehead atoms. The molecule has 0 aromatic heterocycles. The zero-order chi connectivity index (χ0) is 15.2. The zero-order valence-electron chi connectivity index (χ0n) is 13.0. The highest BCUT2D eigenvalue weighted by Gasteiger charge is 2.29. The van der Waals surface area contributed by atoms with Crippen LogP contribution in [0.3, 0.4) is 0 Å². The lowest BCUT2D eigenvalue weighted by molar-refractivity contribution is -0.132. The number of hydrogen-bond acceptors (Lipinski definition) is 4. The van der Waals surface area contributed by atoms with Gasteiger partial charge in [0, 0.05) is 31.3 Å². The molecule has 0 spiro atoms. The van der Waals surface area contributed by atoms with E-state index in [9.17, 15) is 4.79 Å². The SMILES string of the molecule is CCNCc1ccc(OC)cc1OCC(=O)N(C)C1CC1. The van der Waals surface area contributed by atoms with Crippen molar-refractivity contribution in [3.8, 4) is 11.5 Å². The van der Waals surface area contributed by atoms with Gasteiger partial charge in [-0.05, 0) is 25.5 Å². The number of carbonyl (C=O) groups is 1. The maximum absolute atomic E-state index is 12.0. The lowest BCUT2D eigenvalue weighted by Crippen LogP contribution is -2.33. The van der Waals surface area contributed by atoms with Crippen LogP contribution < -0.4 is 14.8 Å². The standard InChI is InChI=1S/C16H24N2O3/c1-4-17-10-12-5-8-14(20-3)9-15(12)21-11-16(19)18(2)13-6-7-13/h5,8-9,13,17H,4,6-7,10-11H2,1-3H3. The molecule has 0 saturated heterocycles. The second kappa shape index (κ2) is 7.31. The van der Waals surface area contributed by atoms with Crippen LogP contribution in [0.1, 0.15) is 25.3 Å². The van der Waals surface area contributed by atoms with Gasteiger partial charge in [-0.2, -0.15) is 0 Å². The first-order valence-corrected chi connectivity index (χ1v) is 7.41. The molecule has 0 aliphatic heterocycles. The van der Waals surface area contributed by atoms with E-state index in [2.05, 4.69) is 12.2 Å². The highest BCUT2D eigenvalue weighted by molar-refractivity contribution is 5.78. The molecular weight excluding hydrogens is 268 g/mol. The van der Waals surface area contributed by atoms with Gasteiger partial charge in [0.15, 0.2) is 6.61 Å². The Labute approximate surface area is 126 Å². The van der Waals surface area contributed by atoms with Crippen LogP contribution in [0.15, 0.2) is 18.2 Å². The van der Waals surface area contributed by atoms with Crippen molar-refractivity contribution in [3.05, 3.63) is 23.8 Å². The first-order valence-electron chi connectivity index (χ1n) is 7.41. The summed E-state index contributed by atoms with van der Waals surface area (Å²) in [4.78, 5) is 13.8. The smallest absolute Gasteiger partial charge is 0.260 e. The average molecular weight is 292 g/mol. The number of nitrogens with zero attached hydrogens (tertiary/aromatic N) is 1. The Morgan fingerprint density at radius 3 is 2.81 bits per heavy atom. The highest BCUT2D eigenvalue weighted by atomic mass is 16.5. The number of nitrogens with one attached hydrogen (secondary N) is 1. The van der Waals surface area contributed by atoms with Crippen LogP contribution >= 0.6 is 0 Å². The molecule has 0 unspecified atom stereocenters. The fraction of sp³-hybridized carbons (Fsp3) is 0.562. The lowest BCUT2D eigenvalue weighted by atomic mass is 10.2. The Balaban J connectivity index is 2.00. The van der Waals surface area contributed by atoms with Crippen molar-refractivity contribution >= 4 is 5.91 Å². The fourth-order valence-electron chi connectivity index (χ4n) is 2.11. The summed E-state index contributed by atoms with van der Waals surface area (Å²) in [5.74, 6) is 1.45. The number of methoxy groups -OCH3 is 1. The van der Waals surface area contributed by atoms with E-state index >= 15 is 0 Å². The summed E-state index contributed by atoms with van der Waals surface area (Å²) in [7, 11) is 3.46. The van der Waals surface area contributed by atoms with Crippen molar-refractivity contribution in [3.63, 3.8) is 0 Å². The maximum atomic E-state index is 12.0. The number of benzene rings is 1. The van der Waals surface area contributed by atoms with E-state index in [0.717, 1.165) is 30.7 Å². The molecule has 1 aromatic carbocycles. The Bertz CT molecular complexity index is 486. The number of rotatable bonds is 8. The Hall–Kier alpha value is -1.75. The minimum atomic E-state index is 0.0229. The molecule has 1 saturated carbocycles. The molecule has 5 nitrogen and oxygen atoms in total. The van der Waals surface area contributed by atoms with Gasteiger partial charge in [-0.3, -0.25) is 4.79 Å². The van der Waals surface area contributed by atoms with Crippen molar-refractivity contribution in [2.24, 2.45) is 0 Å². The predicted molar refractivity (Wildman–Crippen MR) is 81.7 cm³/mol. The Morgan fingerprint density at radius 1 is 1.43 bits per heavy atom. The molecule has 0 radical (unpaired) electrons. The molecule has 0 atom stereocenters. The topological polar surface area (TPSA) is 50.8 Å². The third-order valence-corrected chi connectivity index (χ3v) is 3.68. The van der Waals surface area contributed by atoms with Gasteiger partial charge in [0.05, 0.1) is 7.11 Å². The molecule has 5 heteroatoms. The van der Waals surface area contributed by atoms with Crippen LogP contribution in [-0.4, -0.2) is 44.2 Å². The molecule has 1 aliphatic carbocycles. The van der Waals surface area contributed by atoms with Crippen LogP contribution in [0.2, 0.25) is 0 Å². The van der Waals surface area contributed by atoms with Crippen molar-refractivity contribution in [2.45, 2.75) is 32.4 Å². The summed E-state index contributed by atoms with van der Waals surface area (Å²) in [6, 6.07) is 6.10. The predicted octanol–water partition coefficient (Wildman–Crippen LogP) is 1.80. The maximum Gasteiger partial charge on any atom is 0.260 e. The van der Waals surface area contributed by atoms with Gasteiger partial charge in [-0.15, -0.1) is 0 Å². The van der Waals surface area contributed by atoms with Gasteiger partial charge < -0.3 is 19.7 Å². The summed E-state index contributed by atoms with van der Waals surface area (Å²) in [6.07, 6.45) is 2.21. The van der Waals surface area contributed by atoms with Gasteiger partial charge >= 0.3 is 0 Å². The highest BCUT2D eigenvalue weighted by Crippen LogP contribution is 2.27. The van der Waals surface area contributed by atoms with Gasteiger partial charge in [0.25, 0.3) is 5.91 Å². The molecule has 116 valence electrons. The first-order chi connectivity index (χ1) is 10.2. The van der Waals surface area contributed by atoms with Crippen molar-refractivity contribution in [2.75, 3.05) is 27.3 Å². The van der Waals surface area contributed by atoms with Crippen LogP contribution in [0.4, 0.5) is 0 Å². The average Bonchev–Trinajstić information content (AvgIpc) is 3.34. The fourth-order valence-corrected chi connectivity index (χ4v) is 2.11. The zero-order valence-corrected chi connectivity index (χ0v) is 13.0. The summed E-state index contributed by atoms with van der Waals surface area (Å²) in [5.41, 5.74) is 1.03. The van der Waals surface area contributed by atoms with E-state index in [1.54, 1.807) is 12.0 Å². The van der Waals surface area contributed by atoms with E-state index in [1.165, 1.54) is 0 Å². The second-order valence-electron chi connectivity index (χ2n) is 5.28. The quantitative estimate of drug-likeness (QED) is 0.794. The van der Waals surface area contributed by atoms with E-state index < -0.39 is 0 Å².